The van der Waals surface area contributed by atoms with Gasteiger partial charge in [-0.1, -0.05) is 19.1 Å². The van der Waals surface area contributed by atoms with E-state index in [-0.39, 0.29) is 18.7 Å². The highest BCUT2D eigenvalue weighted by Gasteiger charge is 2.38. The molecule has 35 heavy (non-hydrogen) atoms. The molecule has 2 aliphatic rings. The third-order valence-corrected chi connectivity index (χ3v) is 6.24. The SMILES string of the molecule is CCCNC(=O)N1CCN(CC2=C(C(=O)OCC)[C@@H](c3cccc(OC)c3)NC(=O)N2CC)CC1. The van der Waals surface area contributed by atoms with Gasteiger partial charge in [0.2, 0.25) is 0 Å². The number of methoxy groups -OCH3 is 1. The van der Waals surface area contributed by atoms with Gasteiger partial charge < -0.3 is 25.0 Å². The zero-order valence-corrected chi connectivity index (χ0v) is 21.1. The summed E-state index contributed by atoms with van der Waals surface area (Å²) in [6, 6.07) is 6.35. The van der Waals surface area contributed by atoms with E-state index in [1.54, 1.807) is 23.8 Å². The lowest BCUT2D eigenvalue weighted by Crippen LogP contribution is -2.55. The number of likely N-dealkylation sites (N-methyl/N-ethyl adjacent to an activating group) is 1. The van der Waals surface area contributed by atoms with Crippen LogP contribution in [0.1, 0.15) is 38.8 Å². The number of urea groups is 2. The van der Waals surface area contributed by atoms with Gasteiger partial charge in [-0.2, -0.15) is 0 Å². The quantitative estimate of drug-likeness (QED) is 0.519. The lowest BCUT2D eigenvalue weighted by Gasteiger charge is -2.40. The first kappa shape index (κ1) is 26.3. The van der Waals surface area contributed by atoms with Crippen molar-refractivity contribution in [3.8, 4) is 5.75 Å². The number of amides is 4. The van der Waals surface area contributed by atoms with E-state index < -0.39 is 12.0 Å². The molecule has 1 atom stereocenters. The standard InChI is InChI=1S/C25H37N5O5/c1-5-11-26-24(32)29-14-12-28(13-15-29)17-20-21(23(31)35-7-3)22(27-25(33)30(20)6-2)18-9-8-10-19(16-18)34-4/h8-10,16,22H,5-7,11-15,17H2,1-4H3,(H,26,32)(H,27,33)/t22-/m1/s1. The number of ether oxygens (including phenoxy) is 2. The van der Waals surface area contributed by atoms with Crippen LogP contribution in [0.2, 0.25) is 0 Å². The van der Waals surface area contributed by atoms with Crippen LogP contribution >= 0.6 is 0 Å². The fraction of sp³-hybridized carbons (Fsp3) is 0.560. The van der Waals surface area contributed by atoms with Crippen molar-refractivity contribution in [2.75, 3.05) is 59.5 Å². The predicted octanol–water partition coefficient (Wildman–Crippen LogP) is 2.34. The van der Waals surface area contributed by atoms with Crippen molar-refractivity contribution in [3.05, 3.63) is 41.1 Å². The third-order valence-electron chi connectivity index (χ3n) is 6.24. The number of hydrogen-bond acceptors (Lipinski definition) is 6. The first-order chi connectivity index (χ1) is 16.9. The number of rotatable bonds is 9. The first-order valence-electron chi connectivity index (χ1n) is 12.3. The molecule has 0 aliphatic carbocycles. The molecule has 1 aromatic rings. The Bertz CT molecular complexity index is 942. The Morgan fingerprint density at radius 1 is 1.14 bits per heavy atom. The maximum absolute atomic E-state index is 13.2. The summed E-state index contributed by atoms with van der Waals surface area (Å²) in [4.78, 5) is 44.2. The maximum atomic E-state index is 13.2. The Hall–Kier alpha value is -3.27. The fourth-order valence-corrected chi connectivity index (χ4v) is 4.39. The maximum Gasteiger partial charge on any atom is 0.338 e. The second kappa shape index (κ2) is 12.4. The molecule has 0 saturated carbocycles. The molecule has 1 saturated heterocycles. The first-order valence-corrected chi connectivity index (χ1v) is 12.3. The van der Waals surface area contributed by atoms with Crippen LogP contribution in [0.4, 0.5) is 9.59 Å². The van der Waals surface area contributed by atoms with Crippen LogP contribution in [0.25, 0.3) is 0 Å². The van der Waals surface area contributed by atoms with Gasteiger partial charge in [-0.25, -0.2) is 14.4 Å². The summed E-state index contributed by atoms with van der Waals surface area (Å²) in [6.07, 6.45) is 0.889. The van der Waals surface area contributed by atoms with E-state index in [1.165, 1.54) is 0 Å². The van der Waals surface area contributed by atoms with Gasteiger partial charge in [0.25, 0.3) is 0 Å². The average Bonchev–Trinajstić information content (AvgIpc) is 2.87. The Labute approximate surface area is 207 Å². The molecule has 192 valence electrons. The van der Waals surface area contributed by atoms with Crippen molar-refractivity contribution in [1.82, 2.24) is 25.3 Å². The van der Waals surface area contributed by atoms with Crippen LogP contribution < -0.4 is 15.4 Å². The molecule has 0 aromatic heterocycles. The highest BCUT2D eigenvalue weighted by molar-refractivity contribution is 5.95. The van der Waals surface area contributed by atoms with E-state index in [9.17, 15) is 14.4 Å². The summed E-state index contributed by atoms with van der Waals surface area (Å²) >= 11 is 0. The molecule has 2 N–H and O–H groups in total. The number of carbonyl (C=O) groups excluding carboxylic acids is 3. The van der Waals surface area contributed by atoms with Gasteiger partial charge in [0.05, 0.1) is 25.3 Å². The van der Waals surface area contributed by atoms with Gasteiger partial charge in [0.1, 0.15) is 5.75 Å². The minimum absolute atomic E-state index is 0.0526. The molecule has 1 aromatic carbocycles. The summed E-state index contributed by atoms with van der Waals surface area (Å²) < 4.78 is 10.8. The molecule has 0 bridgehead atoms. The van der Waals surface area contributed by atoms with Crippen molar-refractivity contribution in [2.24, 2.45) is 0 Å². The van der Waals surface area contributed by atoms with Gasteiger partial charge in [-0.15, -0.1) is 0 Å². The van der Waals surface area contributed by atoms with Crippen LogP contribution in [-0.4, -0.2) is 92.3 Å². The Balaban J connectivity index is 1.91. The molecule has 0 radical (unpaired) electrons. The highest BCUT2D eigenvalue weighted by atomic mass is 16.5. The van der Waals surface area contributed by atoms with E-state index in [0.29, 0.717) is 62.8 Å². The number of piperazine rings is 1. The molecule has 10 nitrogen and oxygen atoms in total. The van der Waals surface area contributed by atoms with Crippen LogP contribution in [0.5, 0.6) is 5.75 Å². The number of nitrogens with one attached hydrogen (secondary N) is 2. The van der Waals surface area contributed by atoms with Crippen LogP contribution in [0.15, 0.2) is 35.5 Å². The van der Waals surface area contributed by atoms with E-state index in [4.69, 9.17) is 9.47 Å². The van der Waals surface area contributed by atoms with Crippen molar-refractivity contribution in [3.63, 3.8) is 0 Å². The van der Waals surface area contributed by atoms with Gasteiger partial charge >= 0.3 is 18.0 Å². The summed E-state index contributed by atoms with van der Waals surface area (Å²) in [5.41, 5.74) is 1.79. The number of nitrogens with zero attached hydrogens (tertiary/aromatic N) is 3. The van der Waals surface area contributed by atoms with Crippen LogP contribution in [0, 0.1) is 0 Å². The predicted molar refractivity (Wildman–Crippen MR) is 132 cm³/mol. The molecular weight excluding hydrogens is 450 g/mol. The highest BCUT2D eigenvalue weighted by Crippen LogP contribution is 2.33. The monoisotopic (exact) mass is 487 g/mol. The van der Waals surface area contributed by atoms with Gasteiger partial charge in [0, 0.05) is 51.5 Å². The Kier molecular flexibility index (Phi) is 9.36. The van der Waals surface area contributed by atoms with Crippen LogP contribution in [0.3, 0.4) is 0 Å². The minimum atomic E-state index is -0.657. The molecule has 10 heteroatoms. The molecule has 4 amide bonds. The van der Waals surface area contributed by atoms with Gasteiger partial charge in [-0.05, 0) is 38.0 Å². The van der Waals surface area contributed by atoms with E-state index in [2.05, 4.69) is 15.5 Å². The molecule has 0 unspecified atom stereocenters. The zero-order valence-electron chi connectivity index (χ0n) is 21.1. The number of hydrogen-bond donors (Lipinski definition) is 2. The van der Waals surface area contributed by atoms with Gasteiger partial charge in [0.15, 0.2) is 0 Å². The van der Waals surface area contributed by atoms with Crippen molar-refractivity contribution < 1.29 is 23.9 Å². The molecule has 3 rings (SSSR count). The van der Waals surface area contributed by atoms with E-state index >= 15 is 0 Å². The Morgan fingerprint density at radius 2 is 1.89 bits per heavy atom. The van der Waals surface area contributed by atoms with E-state index in [0.717, 1.165) is 12.0 Å². The molecule has 2 aliphatic heterocycles. The normalized spacial score (nSPS) is 18.9. The van der Waals surface area contributed by atoms with E-state index in [1.807, 2.05) is 38.1 Å². The van der Waals surface area contributed by atoms with Crippen LogP contribution in [-0.2, 0) is 9.53 Å². The summed E-state index contributed by atoms with van der Waals surface area (Å²) in [7, 11) is 1.58. The summed E-state index contributed by atoms with van der Waals surface area (Å²) in [5.74, 6) is 0.184. The number of benzene rings is 1. The minimum Gasteiger partial charge on any atom is -0.497 e. The lowest BCUT2D eigenvalue weighted by molar-refractivity contribution is -0.139. The molecule has 2 heterocycles. The summed E-state index contributed by atoms with van der Waals surface area (Å²) in [5, 5.41) is 5.89. The third kappa shape index (κ3) is 6.25. The fourth-order valence-electron chi connectivity index (χ4n) is 4.39. The molecule has 1 fully saturated rings. The molecular formula is C25H37N5O5. The Morgan fingerprint density at radius 3 is 2.51 bits per heavy atom. The largest absolute Gasteiger partial charge is 0.497 e. The number of esters is 1. The van der Waals surface area contributed by atoms with Crippen molar-refractivity contribution in [2.45, 2.75) is 33.2 Å². The second-order valence-electron chi connectivity index (χ2n) is 8.48. The van der Waals surface area contributed by atoms with Gasteiger partial charge in [-0.3, -0.25) is 9.80 Å². The zero-order chi connectivity index (χ0) is 25.4. The number of carbonyl (C=O) groups is 3. The van der Waals surface area contributed by atoms with Crippen molar-refractivity contribution in [1.29, 1.82) is 0 Å². The van der Waals surface area contributed by atoms with Crippen molar-refractivity contribution >= 4 is 18.0 Å². The topological polar surface area (TPSA) is 103 Å². The second-order valence-corrected chi connectivity index (χ2v) is 8.48. The lowest BCUT2D eigenvalue weighted by atomic mass is 9.94. The average molecular weight is 488 g/mol. The summed E-state index contributed by atoms with van der Waals surface area (Å²) in [6.45, 7) is 9.80. The molecule has 0 spiro atoms. The smallest absolute Gasteiger partial charge is 0.338 e.